The Morgan fingerprint density at radius 1 is 1.11 bits per heavy atom. The number of hydrogen-bond donors (Lipinski definition) is 1. The topological polar surface area (TPSA) is 30.5 Å². The van der Waals surface area contributed by atoms with Gasteiger partial charge in [0.15, 0.2) is 0 Å². The van der Waals surface area contributed by atoms with Gasteiger partial charge in [-0.1, -0.05) is 13.8 Å². The summed E-state index contributed by atoms with van der Waals surface area (Å²) in [5.74, 6) is 1.79. The van der Waals surface area contributed by atoms with Gasteiger partial charge in [-0.25, -0.2) is 0 Å². The fourth-order valence-electron chi connectivity index (χ4n) is 1.90. The third kappa shape index (κ3) is 4.57. The van der Waals surface area contributed by atoms with Gasteiger partial charge in [0.25, 0.3) is 0 Å². The quantitative estimate of drug-likeness (QED) is 0.769. The summed E-state index contributed by atoms with van der Waals surface area (Å²) in [4.78, 5) is 0. The van der Waals surface area contributed by atoms with Crippen molar-refractivity contribution in [2.75, 3.05) is 13.7 Å². The zero-order chi connectivity index (χ0) is 13.4. The van der Waals surface area contributed by atoms with Gasteiger partial charge in [-0.3, -0.25) is 0 Å². The van der Waals surface area contributed by atoms with Crippen molar-refractivity contribution in [2.24, 2.45) is 0 Å². The van der Waals surface area contributed by atoms with Crippen molar-refractivity contribution >= 4 is 0 Å². The van der Waals surface area contributed by atoms with Crippen LogP contribution in [0.1, 0.15) is 33.6 Å². The van der Waals surface area contributed by atoms with Crippen LogP contribution < -0.4 is 14.8 Å². The first-order chi connectivity index (χ1) is 8.71. The van der Waals surface area contributed by atoms with Crippen molar-refractivity contribution in [1.29, 1.82) is 0 Å². The van der Waals surface area contributed by atoms with Crippen LogP contribution in [0.4, 0.5) is 0 Å². The first-order valence-electron chi connectivity index (χ1n) is 6.78. The largest absolute Gasteiger partial charge is 0.494 e. The number of benzene rings is 1. The molecule has 0 radical (unpaired) electrons. The van der Waals surface area contributed by atoms with E-state index in [0.29, 0.717) is 6.04 Å². The molecule has 0 aromatic heterocycles. The lowest BCUT2D eigenvalue weighted by Gasteiger charge is -2.23. The third-order valence-corrected chi connectivity index (χ3v) is 3.00. The lowest BCUT2D eigenvalue weighted by molar-refractivity contribution is 0.171. The predicted molar refractivity (Wildman–Crippen MR) is 75.5 cm³/mol. The van der Waals surface area contributed by atoms with Crippen molar-refractivity contribution in [3.63, 3.8) is 0 Å². The fourth-order valence-corrected chi connectivity index (χ4v) is 1.90. The molecule has 0 fully saturated rings. The SMILES string of the molecule is CCCOc1ccc(OC(C)C(CC)NC)cc1. The fraction of sp³-hybridized carbons (Fsp3) is 0.600. The summed E-state index contributed by atoms with van der Waals surface area (Å²) in [6.45, 7) is 7.10. The van der Waals surface area contributed by atoms with E-state index in [1.54, 1.807) is 0 Å². The molecule has 0 aliphatic heterocycles. The molecule has 2 unspecified atom stereocenters. The zero-order valence-corrected chi connectivity index (χ0v) is 11.9. The summed E-state index contributed by atoms with van der Waals surface area (Å²) in [5.41, 5.74) is 0. The van der Waals surface area contributed by atoms with Gasteiger partial charge in [0, 0.05) is 6.04 Å². The Bertz CT molecular complexity index is 320. The normalized spacial score (nSPS) is 14.0. The molecule has 1 aromatic rings. The number of hydrogen-bond acceptors (Lipinski definition) is 3. The zero-order valence-electron chi connectivity index (χ0n) is 11.9. The van der Waals surface area contributed by atoms with Crippen LogP contribution in [0.3, 0.4) is 0 Å². The van der Waals surface area contributed by atoms with Crippen molar-refractivity contribution < 1.29 is 9.47 Å². The summed E-state index contributed by atoms with van der Waals surface area (Å²) in [7, 11) is 1.97. The Balaban J connectivity index is 2.52. The average Bonchev–Trinajstić information content (AvgIpc) is 2.39. The van der Waals surface area contributed by atoms with Crippen LogP contribution in [0.15, 0.2) is 24.3 Å². The second-order valence-corrected chi connectivity index (χ2v) is 4.45. The lowest BCUT2D eigenvalue weighted by Crippen LogP contribution is -2.38. The minimum absolute atomic E-state index is 0.155. The highest BCUT2D eigenvalue weighted by Gasteiger charge is 2.14. The Morgan fingerprint density at radius 3 is 2.22 bits per heavy atom. The van der Waals surface area contributed by atoms with E-state index in [1.807, 2.05) is 31.3 Å². The van der Waals surface area contributed by atoms with Gasteiger partial charge >= 0.3 is 0 Å². The number of nitrogens with one attached hydrogen (secondary N) is 1. The molecule has 0 saturated heterocycles. The minimum atomic E-state index is 0.155. The van der Waals surface area contributed by atoms with Gasteiger partial charge in [-0.05, 0) is 51.1 Å². The molecule has 0 amide bonds. The Kier molecular flexibility index (Phi) is 6.58. The van der Waals surface area contributed by atoms with Gasteiger partial charge < -0.3 is 14.8 Å². The molecule has 0 spiro atoms. The van der Waals surface area contributed by atoms with Crippen LogP contribution in [0, 0.1) is 0 Å². The molecule has 1 N–H and O–H groups in total. The maximum absolute atomic E-state index is 5.90. The summed E-state index contributed by atoms with van der Waals surface area (Å²) >= 11 is 0. The second kappa shape index (κ2) is 7.98. The van der Waals surface area contributed by atoms with Crippen LogP contribution in [-0.2, 0) is 0 Å². The molecule has 2 atom stereocenters. The van der Waals surface area contributed by atoms with Gasteiger partial charge in [0.1, 0.15) is 17.6 Å². The molecule has 0 saturated carbocycles. The van der Waals surface area contributed by atoms with Crippen LogP contribution in [-0.4, -0.2) is 25.8 Å². The molecule has 3 heteroatoms. The predicted octanol–water partition coefficient (Wildman–Crippen LogP) is 3.24. The van der Waals surface area contributed by atoms with Crippen molar-refractivity contribution in [3.05, 3.63) is 24.3 Å². The van der Waals surface area contributed by atoms with Crippen LogP contribution in [0.2, 0.25) is 0 Å². The van der Waals surface area contributed by atoms with Gasteiger partial charge in [-0.2, -0.15) is 0 Å². The Hall–Kier alpha value is -1.22. The monoisotopic (exact) mass is 251 g/mol. The highest BCUT2D eigenvalue weighted by molar-refractivity contribution is 5.31. The number of rotatable bonds is 8. The van der Waals surface area contributed by atoms with E-state index in [0.717, 1.165) is 30.9 Å². The number of likely N-dealkylation sites (N-methyl/N-ethyl adjacent to an activating group) is 1. The van der Waals surface area contributed by atoms with E-state index < -0.39 is 0 Å². The molecule has 0 aliphatic rings. The van der Waals surface area contributed by atoms with Crippen molar-refractivity contribution in [2.45, 2.75) is 45.8 Å². The molecule has 0 heterocycles. The molecule has 0 bridgehead atoms. The van der Waals surface area contributed by atoms with Gasteiger partial charge in [-0.15, -0.1) is 0 Å². The molecular weight excluding hydrogens is 226 g/mol. The Labute approximate surface area is 110 Å². The highest BCUT2D eigenvalue weighted by Crippen LogP contribution is 2.19. The molecule has 102 valence electrons. The van der Waals surface area contributed by atoms with E-state index in [2.05, 4.69) is 26.1 Å². The van der Waals surface area contributed by atoms with Crippen LogP contribution in [0.5, 0.6) is 11.5 Å². The molecule has 3 nitrogen and oxygen atoms in total. The van der Waals surface area contributed by atoms with Gasteiger partial charge in [0.05, 0.1) is 6.61 Å². The molecular formula is C15H25NO2. The average molecular weight is 251 g/mol. The first kappa shape index (κ1) is 14.8. The number of ether oxygens (including phenoxy) is 2. The Morgan fingerprint density at radius 2 is 1.72 bits per heavy atom. The smallest absolute Gasteiger partial charge is 0.120 e. The summed E-state index contributed by atoms with van der Waals surface area (Å²) in [6.07, 6.45) is 2.23. The first-order valence-corrected chi connectivity index (χ1v) is 6.78. The lowest BCUT2D eigenvalue weighted by atomic mass is 10.1. The summed E-state index contributed by atoms with van der Waals surface area (Å²) < 4.78 is 11.4. The van der Waals surface area contributed by atoms with E-state index >= 15 is 0 Å². The van der Waals surface area contributed by atoms with Gasteiger partial charge in [0.2, 0.25) is 0 Å². The van der Waals surface area contributed by atoms with E-state index in [-0.39, 0.29) is 6.10 Å². The van der Waals surface area contributed by atoms with E-state index in [4.69, 9.17) is 9.47 Å². The summed E-state index contributed by atoms with van der Waals surface area (Å²) in [5, 5.41) is 3.26. The maximum Gasteiger partial charge on any atom is 0.120 e. The summed E-state index contributed by atoms with van der Waals surface area (Å²) in [6, 6.07) is 8.21. The van der Waals surface area contributed by atoms with Crippen LogP contribution in [0.25, 0.3) is 0 Å². The molecule has 18 heavy (non-hydrogen) atoms. The van der Waals surface area contributed by atoms with Crippen molar-refractivity contribution in [3.8, 4) is 11.5 Å². The minimum Gasteiger partial charge on any atom is -0.494 e. The standard InChI is InChI=1S/C15H25NO2/c1-5-11-17-13-7-9-14(10-8-13)18-12(3)15(6-2)16-4/h7-10,12,15-16H,5-6,11H2,1-4H3. The van der Waals surface area contributed by atoms with E-state index in [1.165, 1.54) is 0 Å². The molecule has 1 aromatic carbocycles. The van der Waals surface area contributed by atoms with Crippen molar-refractivity contribution in [1.82, 2.24) is 5.32 Å². The molecule has 1 rings (SSSR count). The highest BCUT2D eigenvalue weighted by atomic mass is 16.5. The van der Waals surface area contributed by atoms with Crippen LogP contribution >= 0.6 is 0 Å². The third-order valence-electron chi connectivity index (χ3n) is 3.00. The molecule has 0 aliphatic carbocycles. The van der Waals surface area contributed by atoms with E-state index in [9.17, 15) is 0 Å². The maximum atomic E-state index is 5.90. The second-order valence-electron chi connectivity index (χ2n) is 4.45.